The van der Waals surface area contributed by atoms with Crippen molar-refractivity contribution < 1.29 is 8.83 Å². The lowest BCUT2D eigenvalue weighted by molar-refractivity contribution is 0.668. The minimum Gasteiger partial charge on any atom is -0.456 e. The molecule has 262 valence electrons. The van der Waals surface area contributed by atoms with E-state index in [1.165, 1.54) is 0 Å². The van der Waals surface area contributed by atoms with Gasteiger partial charge in [-0.15, -0.1) is 0 Å². The summed E-state index contributed by atoms with van der Waals surface area (Å²) in [6.07, 6.45) is 0. The molecule has 0 aliphatic rings. The Morgan fingerprint density at radius 1 is 0.286 bits per heavy atom. The van der Waals surface area contributed by atoms with E-state index < -0.39 is 0 Å². The minimum atomic E-state index is 0.547. The zero-order valence-electron chi connectivity index (χ0n) is 30.1. The van der Waals surface area contributed by atoms with Crippen molar-refractivity contribution in [2.75, 3.05) is 0 Å². The van der Waals surface area contributed by atoms with Gasteiger partial charge in [0.15, 0.2) is 17.5 Å². The maximum atomic E-state index is 6.84. The molecular formula is C51H31N3O2. The van der Waals surface area contributed by atoms with Crippen molar-refractivity contribution in [2.45, 2.75) is 0 Å². The second kappa shape index (κ2) is 13.0. The number of hydrogen-bond acceptors (Lipinski definition) is 5. The third-order valence-corrected chi connectivity index (χ3v) is 10.5. The third-order valence-electron chi connectivity index (χ3n) is 10.5. The molecule has 11 aromatic rings. The smallest absolute Gasteiger partial charge is 0.167 e. The zero-order chi connectivity index (χ0) is 37.0. The fourth-order valence-electron chi connectivity index (χ4n) is 7.83. The SMILES string of the molecule is c1ccc(-c2cccc(-c3nc(-c4ccccc4)nc(-c4cccc5c4oc4cc(-c6cc(-c7ccccc7)cc7oc8ccccc8c67)ccc45)n3)c2)cc1. The molecule has 3 aromatic heterocycles. The molecule has 0 N–H and O–H groups in total. The van der Waals surface area contributed by atoms with Crippen LogP contribution in [0.4, 0.5) is 0 Å². The molecule has 11 rings (SSSR count). The average Bonchev–Trinajstić information content (AvgIpc) is 3.85. The van der Waals surface area contributed by atoms with Gasteiger partial charge in [-0.3, -0.25) is 0 Å². The lowest BCUT2D eigenvalue weighted by atomic mass is 9.94. The van der Waals surface area contributed by atoms with Gasteiger partial charge in [-0.25, -0.2) is 15.0 Å². The molecule has 0 bridgehead atoms. The van der Waals surface area contributed by atoms with Crippen molar-refractivity contribution in [3.8, 4) is 67.5 Å². The lowest BCUT2D eigenvalue weighted by Gasteiger charge is -2.10. The highest BCUT2D eigenvalue weighted by Crippen LogP contribution is 2.43. The molecule has 0 spiro atoms. The van der Waals surface area contributed by atoms with Gasteiger partial charge >= 0.3 is 0 Å². The summed E-state index contributed by atoms with van der Waals surface area (Å²) >= 11 is 0. The fraction of sp³-hybridized carbons (Fsp3) is 0. The summed E-state index contributed by atoms with van der Waals surface area (Å²) in [5, 5.41) is 4.18. The first kappa shape index (κ1) is 31.9. The van der Waals surface area contributed by atoms with E-state index in [0.29, 0.717) is 17.5 Å². The molecule has 3 heterocycles. The van der Waals surface area contributed by atoms with E-state index in [0.717, 1.165) is 93.9 Å². The van der Waals surface area contributed by atoms with Crippen molar-refractivity contribution in [3.05, 3.63) is 188 Å². The minimum absolute atomic E-state index is 0.547. The Balaban J connectivity index is 1.09. The summed E-state index contributed by atoms with van der Waals surface area (Å²) in [5.74, 6) is 1.74. The number of aromatic nitrogens is 3. The number of rotatable bonds is 6. The van der Waals surface area contributed by atoms with Crippen LogP contribution in [0.1, 0.15) is 0 Å². The maximum absolute atomic E-state index is 6.84. The van der Waals surface area contributed by atoms with Gasteiger partial charge in [0.1, 0.15) is 22.3 Å². The summed E-state index contributed by atoms with van der Waals surface area (Å²) < 4.78 is 13.3. The molecule has 0 fully saturated rings. The summed E-state index contributed by atoms with van der Waals surface area (Å²) in [7, 11) is 0. The molecule has 0 aliphatic heterocycles. The van der Waals surface area contributed by atoms with Gasteiger partial charge in [-0.05, 0) is 75.8 Å². The summed E-state index contributed by atoms with van der Waals surface area (Å²) in [6, 6.07) is 64.5. The largest absolute Gasteiger partial charge is 0.456 e. The van der Waals surface area contributed by atoms with E-state index in [4.69, 9.17) is 23.8 Å². The third kappa shape index (κ3) is 5.45. The highest BCUT2D eigenvalue weighted by molar-refractivity contribution is 6.15. The summed E-state index contributed by atoms with van der Waals surface area (Å²) in [5.41, 5.74) is 12.4. The molecule has 0 amide bonds. The van der Waals surface area contributed by atoms with E-state index in [9.17, 15) is 0 Å². The Hall–Kier alpha value is -7.63. The van der Waals surface area contributed by atoms with Crippen LogP contribution in [0, 0.1) is 0 Å². The molecule has 56 heavy (non-hydrogen) atoms. The van der Waals surface area contributed by atoms with Crippen LogP contribution in [0.25, 0.3) is 111 Å². The second-order valence-corrected chi connectivity index (χ2v) is 14.0. The Kier molecular flexibility index (Phi) is 7.42. The van der Waals surface area contributed by atoms with E-state index in [2.05, 4.69) is 121 Å². The van der Waals surface area contributed by atoms with Crippen molar-refractivity contribution in [3.63, 3.8) is 0 Å². The lowest BCUT2D eigenvalue weighted by Crippen LogP contribution is -2.00. The number of benzene rings is 8. The predicted molar refractivity (Wildman–Crippen MR) is 227 cm³/mol. The predicted octanol–water partition coefficient (Wildman–Crippen LogP) is 13.7. The highest BCUT2D eigenvalue weighted by atomic mass is 16.3. The fourth-order valence-corrected chi connectivity index (χ4v) is 7.83. The first-order valence-corrected chi connectivity index (χ1v) is 18.7. The molecule has 0 aliphatic carbocycles. The molecule has 8 aromatic carbocycles. The number of furan rings is 2. The molecule has 0 saturated heterocycles. The number of para-hydroxylation sites is 2. The number of nitrogens with zero attached hydrogens (tertiary/aromatic N) is 3. The highest BCUT2D eigenvalue weighted by Gasteiger charge is 2.20. The zero-order valence-corrected chi connectivity index (χ0v) is 30.1. The van der Waals surface area contributed by atoms with E-state index in [1.807, 2.05) is 66.7 Å². The number of hydrogen-bond donors (Lipinski definition) is 0. The first-order valence-electron chi connectivity index (χ1n) is 18.7. The Labute approximate surface area is 322 Å². The Bertz CT molecular complexity index is 3240. The molecule has 0 unspecified atom stereocenters. The van der Waals surface area contributed by atoms with E-state index in [1.54, 1.807) is 0 Å². The molecular weight excluding hydrogens is 687 g/mol. The van der Waals surface area contributed by atoms with Gasteiger partial charge in [0.25, 0.3) is 0 Å². The molecule has 5 nitrogen and oxygen atoms in total. The van der Waals surface area contributed by atoms with E-state index >= 15 is 0 Å². The van der Waals surface area contributed by atoms with Crippen molar-refractivity contribution in [2.24, 2.45) is 0 Å². The summed E-state index contributed by atoms with van der Waals surface area (Å²) in [4.78, 5) is 15.2. The second-order valence-electron chi connectivity index (χ2n) is 14.0. The van der Waals surface area contributed by atoms with Crippen LogP contribution in [0.3, 0.4) is 0 Å². The van der Waals surface area contributed by atoms with Crippen LogP contribution in [0.2, 0.25) is 0 Å². The molecule has 5 heteroatoms. The van der Waals surface area contributed by atoms with Gasteiger partial charge in [0, 0.05) is 32.7 Å². The van der Waals surface area contributed by atoms with Crippen LogP contribution >= 0.6 is 0 Å². The Morgan fingerprint density at radius 3 is 1.66 bits per heavy atom. The maximum Gasteiger partial charge on any atom is 0.167 e. The van der Waals surface area contributed by atoms with Gasteiger partial charge in [0.2, 0.25) is 0 Å². The molecule has 0 atom stereocenters. The summed E-state index contributed by atoms with van der Waals surface area (Å²) in [6.45, 7) is 0. The van der Waals surface area contributed by atoms with E-state index in [-0.39, 0.29) is 0 Å². The molecule has 0 radical (unpaired) electrons. The number of fused-ring (bicyclic) bond motifs is 6. The van der Waals surface area contributed by atoms with Gasteiger partial charge < -0.3 is 8.83 Å². The quantitative estimate of drug-likeness (QED) is 0.171. The standard InChI is InChI=1S/C51H31N3O2/c1-4-14-32(15-5-1)35-20-12-21-37(28-35)50-52-49(34-18-8-3-9-19-34)53-51(54-50)42-24-13-23-40-39-27-26-36(30-45(39)56-48(40)42)43-29-38(33-16-6-2-7-17-33)31-46-47(43)41-22-10-11-25-44(41)55-46/h1-31H. The van der Waals surface area contributed by atoms with Crippen LogP contribution in [0.5, 0.6) is 0 Å². The molecule has 0 saturated carbocycles. The van der Waals surface area contributed by atoms with Gasteiger partial charge in [-0.2, -0.15) is 0 Å². The van der Waals surface area contributed by atoms with Crippen molar-refractivity contribution in [1.29, 1.82) is 0 Å². The van der Waals surface area contributed by atoms with Crippen molar-refractivity contribution >= 4 is 43.9 Å². The first-order chi connectivity index (χ1) is 27.7. The van der Waals surface area contributed by atoms with Crippen molar-refractivity contribution in [1.82, 2.24) is 15.0 Å². The van der Waals surface area contributed by atoms with Crippen LogP contribution in [-0.4, -0.2) is 15.0 Å². The topological polar surface area (TPSA) is 65.0 Å². The van der Waals surface area contributed by atoms with Crippen LogP contribution in [-0.2, 0) is 0 Å². The monoisotopic (exact) mass is 717 g/mol. The normalized spacial score (nSPS) is 11.6. The van der Waals surface area contributed by atoms with Gasteiger partial charge in [0.05, 0.1) is 5.56 Å². The Morgan fingerprint density at radius 2 is 0.875 bits per heavy atom. The van der Waals surface area contributed by atoms with Gasteiger partial charge in [-0.1, -0.05) is 146 Å². The van der Waals surface area contributed by atoms with Crippen LogP contribution in [0.15, 0.2) is 197 Å². The van der Waals surface area contributed by atoms with Crippen LogP contribution < -0.4 is 0 Å². The average molecular weight is 718 g/mol.